The summed E-state index contributed by atoms with van der Waals surface area (Å²) in [6.45, 7) is 0. The third-order valence-electron chi connectivity index (χ3n) is 5.27. The zero-order chi connectivity index (χ0) is 25.6. The van der Waals surface area contributed by atoms with Crippen molar-refractivity contribution in [2.75, 3.05) is 0 Å². The van der Waals surface area contributed by atoms with Gasteiger partial charge in [-0.15, -0.1) is 16.2 Å². The lowest BCUT2D eigenvalue weighted by molar-refractivity contribution is 0.0691. The van der Waals surface area contributed by atoms with Gasteiger partial charge in [-0.3, -0.25) is 0 Å². The molecule has 184 valence electrons. The Hall–Kier alpha value is -3.93. The predicted octanol–water partition coefficient (Wildman–Crippen LogP) is 7.50. The highest BCUT2D eigenvalue weighted by atomic mass is 33.1. The molecule has 5 aromatic rings. The summed E-state index contributed by atoms with van der Waals surface area (Å²) in [6, 6.07) is 25.1. The van der Waals surface area contributed by atoms with Crippen LogP contribution in [0.4, 0.5) is 0 Å². The van der Waals surface area contributed by atoms with Crippen LogP contribution >= 0.6 is 33.1 Å². The summed E-state index contributed by atoms with van der Waals surface area (Å²) >= 11 is 1.21. The lowest BCUT2D eigenvalue weighted by atomic mass is 10.0. The lowest BCUT2D eigenvalue weighted by Crippen LogP contribution is -1.99. The van der Waals surface area contributed by atoms with E-state index in [9.17, 15) is 14.8 Å². The summed E-state index contributed by atoms with van der Waals surface area (Å²) in [7, 11) is 2.19. The van der Waals surface area contributed by atoms with Gasteiger partial charge in [-0.05, 0) is 52.8 Å². The van der Waals surface area contributed by atoms with Crippen LogP contribution in [0.2, 0.25) is 0 Å². The molecule has 0 fully saturated rings. The van der Waals surface area contributed by atoms with Gasteiger partial charge in [0.1, 0.15) is 11.5 Å². The molecular weight excluding hydrogens is 529 g/mol. The number of hydrogen-bond donors (Lipinski definition) is 1. The van der Waals surface area contributed by atoms with Crippen molar-refractivity contribution in [2.24, 2.45) is 4.58 Å². The van der Waals surface area contributed by atoms with Crippen molar-refractivity contribution < 1.29 is 14.6 Å². The van der Waals surface area contributed by atoms with Crippen molar-refractivity contribution in [3.63, 3.8) is 0 Å². The number of benzene rings is 3. The summed E-state index contributed by atoms with van der Waals surface area (Å²) in [6.07, 6.45) is 2.46. The third-order valence-corrected chi connectivity index (χ3v) is 7.68. The normalized spacial score (nSPS) is 10.8. The molecule has 11 heteroatoms. The maximum absolute atomic E-state index is 11.3. The second-order valence-electron chi connectivity index (χ2n) is 7.76. The first-order valence-electron chi connectivity index (χ1n) is 11.0. The summed E-state index contributed by atoms with van der Waals surface area (Å²) in [4.78, 5) is 26.8. The van der Waals surface area contributed by atoms with E-state index in [0.29, 0.717) is 17.3 Å². The molecule has 2 aromatic heterocycles. The number of carbonyl (C=O) groups is 1. The fourth-order valence-corrected chi connectivity index (χ4v) is 5.39. The van der Waals surface area contributed by atoms with Crippen LogP contribution in [0.15, 0.2) is 99.9 Å². The Morgan fingerprint density at radius 2 is 1.81 bits per heavy atom. The van der Waals surface area contributed by atoms with E-state index in [1.807, 2.05) is 85.1 Å². The molecule has 0 aliphatic heterocycles. The van der Waals surface area contributed by atoms with Gasteiger partial charge in [0.15, 0.2) is 5.69 Å². The Morgan fingerprint density at radius 1 is 1.03 bits per heavy atom. The molecule has 0 saturated heterocycles. The number of thiazole rings is 1. The number of nitroso groups, excluding NO2 is 1. The van der Waals surface area contributed by atoms with Crippen LogP contribution in [0, 0.1) is 4.91 Å². The summed E-state index contributed by atoms with van der Waals surface area (Å²) in [5.41, 5.74) is 3.57. The molecule has 0 spiro atoms. The highest BCUT2D eigenvalue weighted by Gasteiger charge is 2.17. The topological polar surface area (TPSA) is 107 Å². The number of rotatable bonds is 10. The Labute approximate surface area is 223 Å². The molecule has 3 aromatic carbocycles. The fraction of sp³-hybridized carbons (Fsp3) is 0.0385. The van der Waals surface area contributed by atoms with Gasteiger partial charge in [-0.25, -0.2) is 14.5 Å². The minimum atomic E-state index is -1.08. The first-order valence-corrected chi connectivity index (χ1v) is 13.9. The van der Waals surface area contributed by atoms with Gasteiger partial charge in [0.25, 0.3) is 0 Å². The molecule has 2 heterocycles. The fourth-order valence-electron chi connectivity index (χ4n) is 3.62. The minimum absolute atomic E-state index is 0.0207. The monoisotopic (exact) mass is 546 g/mol. The van der Waals surface area contributed by atoms with Crippen LogP contribution in [-0.2, 0) is 6.42 Å². The first kappa shape index (κ1) is 24.8. The minimum Gasteiger partial charge on any atom is -0.476 e. The van der Waals surface area contributed by atoms with Gasteiger partial charge in [-0.2, -0.15) is 5.10 Å². The van der Waals surface area contributed by atoms with E-state index in [1.165, 1.54) is 27.5 Å². The number of aromatic nitrogens is 3. The Balaban J connectivity index is 1.49. The smallest absolute Gasteiger partial charge is 0.355 e. The molecule has 1 N–H and O–H groups in total. The van der Waals surface area contributed by atoms with E-state index in [4.69, 9.17) is 9.84 Å². The van der Waals surface area contributed by atoms with Crippen LogP contribution in [0.5, 0.6) is 11.5 Å². The molecule has 8 nitrogen and oxygen atoms in total. The number of nitrogens with zero attached hydrogens (tertiary/aromatic N) is 4. The van der Waals surface area contributed by atoms with Crippen LogP contribution in [0.3, 0.4) is 0 Å². The predicted molar refractivity (Wildman–Crippen MR) is 147 cm³/mol. The third kappa shape index (κ3) is 6.08. The molecule has 0 radical (unpaired) electrons. The quantitative estimate of drug-likeness (QED) is 0.109. The highest BCUT2D eigenvalue weighted by molar-refractivity contribution is 8.76. The van der Waals surface area contributed by atoms with Crippen molar-refractivity contribution in [3.05, 3.63) is 112 Å². The van der Waals surface area contributed by atoms with E-state index in [-0.39, 0.29) is 5.69 Å². The number of ether oxygens (including phenoxy) is 1. The van der Waals surface area contributed by atoms with Gasteiger partial charge in [0, 0.05) is 38.6 Å². The van der Waals surface area contributed by atoms with Gasteiger partial charge in [-0.1, -0.05) is 42.5 Å². The number of carboxylic acid groups (broad SMARTS) is 1. The zero-order valence-corrected chi connectivity index (χ0v) is 21.5. The van der Waals surface area contributed by atoms with Crippen molar-refractivity contribution >= 4 is 39.1 Å². The van der Waals surface area contributed by atoms with Gasteiger partial charge < -0.3 is 9.84 Å². The van der Waals surface area contributed by atoms with E-state index < -0.39 is 5.97 Å². The Kier molecular flexibility index (Phi) is 7.64. The highest BCUT2D eigenvalue weighted by Crippen LogP contribution is 2.33. The summed E-state index contributed by atoms with van der Waals surface area (Å²) in [5.74, 6) is 0.325. The number of aromatic carboxylic acids is 1. The lowest BCUT2D eigenvalue weighted by Gasteiger charge is -2.08. The van der Waals surface area contributed by atoms with Crippen LogP contribution in [0.25, 0.3) is 16.4 Å². The van der Waals surface area contributed by atoms with E-state index in [1.54, 1.807) is 4.68 Å². The molecule has 0 atom stereocenters. The maximum atomic E-state index is 11.3. The van der Waals surface area contributed by atoms with Crippen molar-refractivity contribution in [1.82, 2.24) is 14.8 Å². The Bertz CT molecular complexity index is 1540. The van der Waals surface area contributed by atoms with E-state index in [2.05, 4.69) is 9.57 Å². The van der Waals surface area contributed by atoms with Crippen LogP contribution in [-0.4, -0.2) is 25.8 Å². The summed E-state index contributed by atoms with van der Waals surface area (Å²) in [5, 5.41) is 16.0. The molecule has 0 amide bonds. The molecule has 5 rings (SSSR count). The van der Waals surface area contributed by atoms with Gasteiger partial charge >= 0.3 is 5.97 Å². The molecule has 37 heavy (non-hydrogen) atoms. The average molecular weight is 547 g/mol. The van der Waals surface area contributed by atoms with Crippen molar-refractivity contribution in [1.29, 1.82) is 0 Å². The maximum Gasteiger partial charge on any atom is 0.355 e. The molecule has 0 aliphatic carbocycles. The van der Waals surface area contributed by atoms with Crippen LogP contribution in [0.1, 0.15) is 21.6 Å². The molecule has 0 aliphatic rings. The molecular formula is C26H18N4O4S3. The second kappa shape index (κ2) is 11.4. The second-order valence-corrected chi connectivity index (χ2v) is 10.5. The van der Waals surface area contributed by atoms with Crippen molar-refractivity contribution in [3.8, 4) is 27.9 Å². The molecule has 0 saturated carbocycles. The van der Waals surface area contributed by atoms with E-state index in [0.717, 1.165) is 44.0 Å². The first-order chi connectivity index (χ1) is 18.1. The van der Waals surface area contributed by atoms with E-state index >= 15 is 0 Å². The van der Waals surface area contributed by atoms with Crippen molar-refractivity contribution in [2.45, 2.75) is 11.3 Å². The van der Waals surface area contributed by atoms with Gasteiger partial charge in [0.2, 0.25) is 5.13 Å². The number of carboxylic acids is 1. The van der Waals surface area contributed by atoms with Gasteiger partial charge in [0.05, 0.1) is 16.7 Å². The van der Waals surface area contributed by atoms with Crippen LogP contribution < -0.4 is 4.74 Å². The standard InChI is InChI=1S/C26H18N4O4S3/c31-25(32)23-16-35-26(27-23)30-15-19(13-17-9-11-22(12-10-17)36-37-29-33)24(28-30)18-5-4-8-21(14-18)34-20-6-2-1-3-7-20/h1-12,14-16H,13H2,(H,31,32). The molecule has 0 unspecified atom stereocenters. The average Bonchev–Trinajstić information content (AvgIpc) is 3.57. The zero-order valence-electron chi connectivity index (χ0n) is 19.1. The Morgan fingerprint density at radius 3 is 2.54 bits per heavy atom. The summed E-state index contributed by atoms with van der Waals surface area (Å²) < 4.78 is 10.4. The number of para-hydroxylation sites is 1. The number of hydrogen-bond acceptors (Lipinski definition) is 9. The SMILES string of the molecule is O=NSSc1ccc(Cc2cn(-c3nc(C(=O)O)cs3)nc2-c2cccc(Oc3ccccc3)c2)cc1. The molecule has 0 bridgehead atoms. The largest absolute Gasteiger partial charge is 0.476 e.